The molecule has 0 spiro atoms. The molecule has 0 fully saturated rings. The number of fused-ring (bicyclic) bond motifs is 1. The fourth-order valence-corrected chi connectivity index (χ4v) is 0.918. The van der Waals surface area contributed by atoms with Gasteiger partial charge in [-0.1, -0.05) is 5.16 Å². The third-order valence-corrected chi connectivity index (χ3v) is 1.44. The molecule has 11 heavy (non-hydrogen) atoms. The molecule has 2 rings (SSSR count). The molecule has 0 bridgehead atoms. The van der Waals surface area contributed by atoms with E-state index >= 15 is 0 Å². The lowest BCUT2D eigenvalue weighted by Crippen LogP contribution is -1.66. The summed E-state index contributed by atoms with van der Waals surface area (Å²) in [4.78, 5) is 0. The molecule has 0 amide bonds. The highest BCUT2D eigenvalue weighted by atomic mass is 16.5. The van der Waals surface area contributed by atoms with Gasteiger partial charge in [0, 0.05) is 6.07 Å². The van der Waals surface area contributed by atoms with E-state index in [1.807, 2.05) is 0 Å². The zero-order valence-corrected chi connectivity index (χ0v) is 5.48. The minimum absolute atomic E-state index is 0.103. The fraction of sp³-hybridized carbons (Fsp3) is 0. The maximum Gasteiger partial charge on any atom is 0.316 e. The smallest absolute Gasteiger partial charge is 0.316 e. The van der Waals surface area contributed by atoms with E-state index in [9.17, 15) is 0 Å². The molecule has 0 aliphatic heterocycles. The van der Waals surface area contributed by atoms with Crippen LogP contribution >= 0.6 is 0 Å². The number of hydrogen-bond acceptors (Lipinski definition) is 4. The number of hydrogen-bond donors (Lipinski definition) is 2. The summed E-state index contributed by atoms with van der Waals surface area (Å²) >= 11 is 0. The van der Waals surface area contributed by atoms with Crippen LogP contribution in [0.2, 0.25) is 0 Å². The van der Waals surface area contributed by atoms with Crippen molar-refractivity contribution in [1.82, 2.24) is 5.16 Å². The number of benzene rings is 1. The number of phenols is 1. The fourth-order valence-electron chi connectivity index (χ4n) is 0.918. The summed E-state index contributed by atoms with van der Waals surface area (Å²) < 4.78 is 4.46. The standard InChI is InChI=1S/C7H5NO3/c9-4-1-2-5-6(3-4)8-11-7(5)10/h1-3,9-10H. The largest absolute Gasteiger partial charge is 0.508 e. The summed E-state index contributed by atoms with van der Waals surface area (Å²) in [6.07, 6.45) is 0. The van der Waals surface area contributed by atoms with Crippen LogP contribution in [0.4, 0.5) is 0 Å². The van der Waals surface area contributed by atoms with Gasteiger partial charge >= 0.3 is 5.95 Å². The maximum atomic E-state index is 8.99. The first-order valence-corrected chi connectivity index (χ1v) is 3.05. The van der Waals surface area contributed by atoms with E-state index < -0.39 is 0 Å². The van der Waals surface area contributed by atoms with Crippen molar-refractivity contribution in [3.8, 4) is 11.7 Å². The first-order valence-electron chi connectivity index (χ1n) is 3.05. The predicted molar refractivity (Wildman–Crippen MR) is 37.3 cm³/mol. The van der Waals surface area contributed by atoms with Crippen LogP contribution in [0.15, 0.2) is 22.7 Å². The van der Waals surface area contributed by atoms with Crippen LogP contribution in [-0.4, -0.2) is 15.4 Å². The average Bonchev–Trinajstić information content (AvgIpc) is 2.32. The molecule has 56 valence electrons. The van der Waals surface area contributed by atoms with Gasteiger partial charge in [-0.2, -0.15) is 0 Å². The molecule has 2 aromatic rings. The topological polar surface area (TPSA) is 66.5 Å². The van der Waals surface area contributed by atoms with Crippen molar-refractivity contribution < 1.29 is 14.7 Å². The van der Waals surface area contributed by atoms with E-state index in [1.54, 1.807) is 0 Å². The lowest BCUT2D eigenvalue weighted by atomic mass is 10.2. The maximum absolute atomic E-state index is 8.99. The Kier molecular flexibility index (Phi) is 1.03. The van der Waals surface area contributed by atoms with E-state index in [2.05, 4.69) is 9.68 Å². The van der Waals surface area contributed by atoms with Crippen molar-refractivity contribution in [2.45, 2.75) is 0 Å². The number of phenolic OH excluding ortho intramolecular Hbond substituents is 1. The molecule has 0 unspecified atom stereocenters. The van der Waals surface area contributed by atoms with Crippen LogP contribution in [0.5, 0.6) is 11.7 Å². The summed E-state index contributed by atoms with van der Waals surface area (Å²) in [6, 6.07) is 4.41. The SMILES string of the molecule is Oc1ccc2c(O)onc2c1. The van der Waals surface area contributed by atoms with Crippen molar-refractivity contribution in [1.29, 1.82) is 0 Å². The Morgan fingerprint density at radius 1 is 1.27 bits per heavy atom. The first-order chi connectivity index (χ1) is 5.27. The molecular formula is C7H5NO3. The van der Waals surface area contributed by atoms with Gasteiger partial charge in [0.25, 0.3) is 0 Å². The minimum atomic E-state index is -0.222. The monoisotopic (exact) mass is 151 g/mol. The first kappa shape index (κ1) is 6.03. The molecule has 4 heteroatoms. The highest BCUT2D eigenvalue weighted by molar-refractivity contribution is 5.83. The van der Waals surface area contributed by atoms with E-state index in [4.69, 9.17) is 10.2 Å². The highest BCUT2D eigenvalue weighted by Gasteiger charge is 2.05. The molecule has 0 saturated heterocycles. The van der Waals surface area contributed by atoms with Crippen molar-refractivity contribution in [2.75, 3.05) is 0 Å². The van der Waals surface area contributed by atoms with Gasteiger partial charge in [-0.25, -0.2) is 0 Å². The lowest BCUT2D eigenvalue weighted by Gasteiger charge is -1.87. The molecule has 4 nitrogen and oxygen atoms in total. The Labute approximate surface area is 61.7 Å². The van der Waals surface area contributed by atoms with Gasteiger partial charge in [-0.3, -0.25) is 0 Å². The number of aromatic hydroxyl groups is 2. The number of nitrogens with zero attached hydrogens (tertiary/aromatic N) is 1. The summed E-state index contributed by atoms with van der Waals surface area (Å²) in [5.41, 5.74) is 0.447. The van der Waals surface area contributed by atoms with E-state index in [0.29, 0.717) is 10.9 Å². The summed E-state index contributed by atoms with van der Waals surface area (Å²) in [6.45, 7) is 0. The Hall–Kier alpha value is -1.71. The normalized spacial score (nSPS) is 10.5. The molecule has 0 saturated carbocycles. The molecule has 0 aliphatic rings. The van der Waals surface area contributed by atoms with Crippen LogP contribution in [0.1, 0.15) is 0 Å². The van der Waals surface area contributed by atoms with Crippen LogP contribution in [-0.2, 0) is 0 Å². The molecular weight excluding hydrogens is 146 g/mol. The van der Waals surface area contributed by atoms with Crippen LogP contribution in [0.25, 0.3) is 10.9 Å². The van der Waals surface area contributed by atoms with Crippen LogP contribution in [0.3, 0.4) is 0 Å². The molecule has 2 N–H and O–H groups in total. The Morgan fingerprint density at radius 3 is 2.91 bits per heavy atom. The molecule has 1 aromatic carbocycles. The van der Waals surface area contributed by atoms with E-state index in [-0.39, 0.29) is 11.7 Å². The third kappa shape index (κ3) is 0.797. The van der Waals surface area contributed by atoms with Crippen molar-refractivity contribution in [2.24, 2.45) is 0 Å². The summed E-state index contributed by atoms with van der Waals surface area (Å²) in [5.74, 6) is -0.120. The minimum Gasteiger partial charge on any atom is -0.508 e. The lowest BCUT2D eigenvalue weighted by molar-refractivity contribution is 0.283. The summed E-state index contributed by atoms with van der Waals surface area (Å²) in [7, 11) is 0. The third-order valence-electron chi connectivity index (χ3n) is 1.44. The molecule has 0 atom stereocenters. The second-order valence-corrected chi connectivity index (χ2v) is 2.19. The van der Waals surface area contributed by atoms with Crippen molar-refractivity contribution >= 4 is 10.9 Å². The predicted octanol–water partition coefficient (Wildman–Crippen LogP) is 1.24. The quantitative estimate of drug-likeness (QED) is 0.594. The second kappa shape index (κ2) is 1.88. The van der Waals surface area contributed by atoms with E-state index in [1.165, 1.54) is 18.2 Å². The van der Waals surface area contributed by atoms with Crippen LogP contribution < -0.4 is 0 Å². The van der Waals surface area contributed by atoms with Gasteiger partial charge in [0.05, 0.1) is 5.39 Å². The van der Waals surface area contributed by atoms with Crippen molar-refractivity contribution in [3.05, 3.63) is 18.2 Å². The zero-order chi connectivity index (χ0) is 7.84. The summed E-state index contributed by atoms with van der Waals surface area (Å²) in [5, 5.41) is 22.0. The molecule has 1 aromatic heterocycles. The second-order valence-electron chi connectivity index (χ2n) is 2.19. The Bertz CT molecular complexity index is 393. The zero-order valence-electron chi connectivity index (χ0n) is 5.48. The van der Waals surface area contributed by atoms with Gasteiger partial charge in [0.1, 0.15) is 11.3 Å². The molecule has 1 heterocycles. The number of aromatic nitrogens is 1. The Morgan fingerprint density at radius 2 is 2.09 bits per heavy atom. The number of rotatable bonds is 0. The molecule has 0 aliphatic carbocycles. The van der Waals surface area contributed by atoms with Gasteiger partial charge in [0.2, 0.25) is 0 Å². The Balaban J connectivity index is 2.86. The highest BCUT2D eigenvalue weighted by Crippen LogP contribution is 2.26. The van der Waals surface area contributed by atoms with Gasteiger partial charge < -0.3 is 14.7 Å². The van der Waals surface area contributed by atoms with Crippen LogP contribution in [0, 0.1) is 0 Å². The van der Waals surface area contributed by atoms with Gasteiger partial charge in [0.15, 0.2) is 0 Å². The van der Waals surface area contributed by atoms with E-state index in [0.717, 1.165) is 0 Å². The van der Waals surface area contributed by atoms with Crippen molar-refractivity contribution in [3.63, 3.8) is 0 Å². The average molecular weight is 151 g/mol. The molecule has 0 radical (unpaired) electrons. The van der Waals surface area contributed by atoms with Gasteiger partial charge in [-0.05, 0) is 12.1 Å². The van der Waals surface area contributed by atoms with Gasteiger partial charge in [-0.15, -0.1) is 0 Å².